The number of aryl methyl sites for hydroxylation is 1. The van der Waals surface area contributed by atoms with Crippen molar-refractivity contribution in [2.45, 2.75) is 27.2 Å². The van der Waals surface area contributed by atoms with Gasteiger partial charge in [0.1, 0.15) is 5.82 Å². The summed E-state index contributed by atoms with van der Waals surface area (Å²) in [7, 11) is 0. The molecule has 0 spiro atoms. The lowest BCUT2D eigenvalue weighted by Crippen LogP contribution is -2.34. The maximum atomic E-state index is 13.3. The summed E-state index contributed by atoms with van der Waals surface area (Å²) in [5.74, 6) is 1.14. The Morgan fingerprint density at radius 1 is 1.24 bits per heavy atom. The second-order valence-electron chi connectivity index (χ2n) is 5.03. The van der Waals surface area contributed by atoms with Crippen molar-refractivity contribution in [2.75, 3.05) is 11.8 Å². The van der Waals surface area contributed by atoms with Gasteiger partial charge in [-0.1, -0.05) is 19.9 Å². The number of hydrogen-bond acceptors (Lipinski definition) is 0. The van der Waals surface area contributed by atoms with Gasteiger partial charge in [0.05, 0.1) is 0 Å². The lowest BCUT2D eigenvalue weighted by molar-refractivity contribution is 0.258. The first kappa shape index (κ1) is 14.8. The molecule has 0 saturated carbocycles. The highest BCUT2D eigenvalue weighted by Gasteiger charge is 2.32. The Balaban J connectivity index is 3.05. The normalized spacial score (nSPS) is 12.2. The van der Waals surface area contributed by atoms with Crippen molar-refractivity contribution in [2.24, 2.45) is 11.3 Å². The first-order valence-corrected chi connectivity index (χ1v) is 6.89. The van der Waals surface area contributed by atoms with E-state index in [-0.39, 0.29) is 11.2 Å². The van der Waals surface area contributed by atoms with Crippen LogP contribution in [0.4, 0.5) is 4.39 Å². The van der Waals surface area contributed by atoms with E-state index >= 15 is 0 Å². The first-order chi connectivity index (χ1) is 7.95. The van der Waals surface area contributed by atoms with Crippen LogP contribution in [0.1, 0.15) is 25.0 Å². The third kappa shape index (κ3) is 3.35. The first-order valence-electron chi connectivity index (χ1n) is 5.82. The van der Waals surface area contributed by atoms with Gasteiger partial charge in [-0.05, 0) is 42.5 Å². The van der Waals surface area contributed by atoms with Gasteiger partial charge in [0.15, 0.2) is 0 Å². The van der Waals surface area contributed by atoms with E-state index in [0.29, 0.717) is 17.7 Å². The van der Waals surface area contributed by atoms with E-state index in [1.165, 1.54) is 6.07 Å². The molecule has 17 heavy (non-hydrogen) atoms. The zero-order valence-corrected chi connectivity index (χ0v) is 12.1. The maximum Gasteiger partial charge on any atom is 0.123 e. The summed E-state index contributed by atoms with van der Waals surface area (Å²) < 4.78 is 13.3. The van der Waals surface area contributed by atoms with Crippen molar-refractivity contribution in [3.8, 4) is 0 Å². The van der Waals surface area contributed by atoms with Crippen molar-refractivity contribution < 1.29 is 4.39 Å². The third-order valence-corrected chi connectivity index (χ3v) is 4.68. The Morgan fingerprint density at radius 2 is 1.82 bits per heavy atom. The standard InChI is InChI=1S/C14H19Cl2F/c1-10(2)14(8-15,9-16)7-12-6-13(17)5-4-11(12)3/h4-6,10H,7-9H2,1-3H3. The SMILES string of the molecule is Cc1ccc(F)cc1CC(CCl)(CCl)C(C)C. The predicted molar refractivity (Wildman–Crippen MR) is 73.6 cm³/mol. The Labute approximate surface area is 113 Å². The fourth-order valence-electron chi connectivity index (χ4n) is 1.85. The second-order valence-corrected chi connectivity index (χ2v) is 5.57. The molecule has 0 N–H and O–H groups in total. The molecule has 0 nitrogen and oxygen atoms in total. The lowest BCUT2D eigenvalue weighted by Gasteiger charge is -2.34. The molecule has 0 bridgehead atoms. The Hall–Kier alpha value is -0.270. The van der Waals surface area contributed by atoms with Crippen molar-refractivity contribution in [3.05, 3.63) is 35.1 Å². The fraction of sp³-hybridized carbons (Fsp3) is 0.571. The van der Waals surface area contributed by atoms with Gasteiger partial charge in [0.25, 0.3) is 0 Å². The van der Waals surface area contributed by atoms with Crippen LogP contribution in [-0.4, -0.2) is 11.8 Å². The van der Waals surface area contributed by atoms with Crippen molar-refractivity contribution in [1.82, 2.24) is 0 Å². The smallest absolute Gasteiger partial charge is 0.123 e. The minimum Gasteiger partial charge on any atom is -0.207 e. The van der Waals surface area contributed by atoms with Gasteiger partial charge in [-0.3, -0.25) is 0 Å². The van der Waals surface area contributed by atoms with Crippen LogP contribution in [-0.2, 0) is 6.42 Å². The quantitative estimate of drug-likeness (QED) is 0.678. The molecule has 0 amide bonds. The minimum absolute atomic E-state index is 0.165. The van der Waals surface area contributed by atoms with Crippen molar-refractivity contribution >= 4 is 23.2 Å². The number of halogens is 3. The summed E-state index contributed by atoms with van der Waals surface area (Å²) in [5, 5.41) is 0. The van der Waals surface area contributed by atoms with E-state index in [4.69, 9.17) is 23.2 Å². The molecular weight excluding hydrogens is 258 g/mol. The van der Waals surface area contributed by atoms with E-state index in [1.54, 1.807) is 12.1 Å². The van der Waals surface area contributed by atoms with Gasteiger partial charge in [0, 0.05) is 17.2 Å². The molecule has 0 aliphatic carbocycles. The number of alkyl halides is 2. The predicted octanol–water partition coefficient (Wildman–Crippen LogP) is 4.80. The average Bonchev–Trinajstić information content (AvgIpc) is 2.30. The molecule has 96 valence electrons. The molecule has 0 saturated heterocycles. The highest BCUT2D eigenvalue weighted by Crippen LogP contribution is 2.35. The van der Waals surface area contributed by atoms with E-state index in [0.717, 1.165) is 17.5 Å². The number of benzene rings is 1. The van der Waals surface area contributed by atoms with Crippen LogP contribution in [0.3, 0.4) is 0 Å². The van der Waals surface area contributed by atoms with Crippen LogP contribution in [0, 0.1) is 24.1 Å². The zero-order valence-electron chi connectivity index (χ0n) is 10.6. The average molecular weight is 277 g/mol. The molecule has 3 heteroatoms. The van der Waals surface area contributed by atoms with E-state index in [1.807, 2.05) is 6.92 Å². The van der Waals surface area contributed by atoms with Gasteiger partial charge >= 0.3 is 0 Å². The van der Waals surface area contributed by atoms with Crippen molar-refractivity contribution in [3.63, 3.8) is 0 Å². The molecule has 1 aromatic carbocycles. The number of hydrogen-bond donors (Lipinski definition) is 0. The minimum atomic E-state index is -0.201. The van der Waals surface area contributed by atoms with Gasteiger partial charge in [-0.15, -0.1) is 23.2 Å². The molecule has 0 heterocycles. The van der Waals surface area contributed by atoms with E-state index in [2.05, 4.69) is 13.8 Å². The molecule has 0 aliphatic rings. The fourth-order valence-corrected chi connectivity index (χ4v) is 2.94. The molecular formula is C14H19Cl2F. The largest absolute Gasteiger partial charge is 0.207 e. The second kappa shape index (κ2) is 6.06. The highest BCUT2D eigenvalue weighted by molar-refractivity contribution is 6.21. The summed E-state index contributed by atoms with van der Waals surface area (Å²) in [6, 6.07) is 4.88. The summed E-state index contributed by atoms with van der Waals surface area (Å²) in [5.41, 5.74) is 1.92. The summed E-state index contributed by atoms with van der Waals surface area (Å²) in [4.78, 5) is 0. The Kier molecular flexibility index (Phi) is 5.27. The van der Waals surface area contributed by atoms with Crippen LogP contribution in [0.15, 0.2) is 18.2 Å². The van der Waals surface area contributed by atoms with Crippen LogP contribution >= 0.6 is 23.2 Å². The van der Waals surface area contributed by atoms with Crippen molar-refractivity contribution in [1.29, 1.82) is 0 Å². The summed E-state index contributed by atoms with van der Waals surface area (Å²) in [6.07, 6.45) is 0.723. The number of rotatable bonds is 5. The Morgan fingerprint density at radius 3 is 2.29 bits per heavy atom. The van der Waals surface area contributed by atoms with Gasteiger partial charge in [-0.25, -0.2) is 4.39 Å². The molecule has 0 aromatic heterocycles. The molecule has 1 rings (SSSR count). The molecule has 1 aromatic rings. The van der Waals surface area contributed by atoms with Crippen LogP contribution < -0.4 is 0 Å². The lowest BCUT2D eigenvalue weighted by atomic mass is 9.75. The maximum absolute atomic E-state index is 13.3. The highest BCUT2D eigenvalue weighted by atomic mass is 35.5. The molecule has 0 atom stereocenters. The van der Waals surface area contributed by atoms with Gasteiger partial charge < -0.3 is 0 Å². The van der Waals surface area contributed by atoms with Crippen LogP contribution in [0.5, 0.6) is 0 Å². The van der Waals surface area contributed by atoms with Crippen LogP contribution in [0.2, 0.25) is 0 Å². The van der Waals surface area contributed by atoms with Gasteiger partial charge in [0.2, 0.25) is 0 Å². The van der Waals surface area contributed by atoms with E-state index < -0.39 is 0 Å². The molecule has 0 aliphatic heterocycles. The monoisotopic (exact) mass is 276 g/mol. The topological polar surface area (TPSA) is 0 Å². The summed E-state index contributed by atoms with van der Waals surface area (Å²) >= 11 is 12.2. The molecule has 0 radical (unpaired) electrons. The Bertz CT molecular complexity index is 370. The molecule has 0 fully saturated rings. The van der Waals surface area contributed by atoms with Crippen LogP contribution in [0.25, 0.3) is 0 Å². The van der Waals surface area contributed by atoms with Gasteiger partial charge in [-0.2, -0.15) is 0 Å². The summed E-state index contributed by atoms with van der Waals surface area (Å²) in [6.45, 7) is 6.21. The van der Waals surface area contributed by atoms with E-state index in [9.17, 15) is 4.39 Å². The third-order valence-electron chi connectivity index (χ3n) is 3.61. The molecule has 0 unspecified atom stereocenters. The zero-order chi connectivity index (χ0) is 13.1.